The SMILES string of the molecule is CN1[C@@H]2CC[C@H]1C[C@H](N(C(=O)O)c1ccc(F)cc1-c1cccs1)C2. The van der Waals surface area contributed by atoms with Crippen LogP contribution in [0.4, 0.5) is 14.9 Å². The standard InChI is InChI=1S/C19H21FN2O2S/c1-21-13-5-6-14(21)11-15(10-13)22(19(23)24)17-7-4-12(20)9-16(17)18-3-2-8-25-18/h2-4,7-9,13-15H,5-6,10-11H2,1H3,(H,23,24)/t13-,14+,15-. The van der Waals surface area contributed by atoms with Gasteiger partial charge in [-0.25, -0.2) is 9.18 Å². The van der Waals surface area contributed by atoms with Crippen LogP contribution in [0.15, 0.2) is 35.7 Å². The minimum atomic E-state index is -0.960. The Balaban J connectivity index is 1.74. The van der Waals surface area contributed by atoms with E-state index in [2.05, 4.69) is 11.9 Å². The minimum Gasteiger partial charge on any atom is -0.465 e. The minimum absolute atomic E-state index is 0.0598. The fourth-order valence-corrected chi connectivity index (χ4v) is 5.15. The highest BCUT2D eigenvalue weighted by Gasteiger charge is 2.42. The van der Waals surface area contributed by atoms with Gasteiger partial charge in [-0.3, -0.25) is 4.90 Å². The molecule has 0 radical (unpaired) electrons. The predicted molar refractivity (Wildman–Crippen MR) is 97.8 cm³/mol. The van der Waals surface area contributed by atoms with Crippen LogP contribution in [-0.2, 0) is 0 Å². The van der Waals surface area contributed by atoms with Crippen molar-refractivity contribution in [3.63, 3.8) is 0 Å². The second-order valence-electron chi connectivity index (χ2n) is 6.97. The number of benzene rings is 1. The topological polar surface area (TPSA) is 43.8 Å². The van der Waals surface area contributed by atoms with Crippen LogP contribution in [0, 0.1) is 5.82 Å². The number of fused-ring (bicyclic) bond motifs is 2. The molecule has 2 aromatic rings. The van der Waals surface area contributed by atoms with Crippen LogP contribution >= 0.6 is 11.3 Å². The highest BCUT2D eigenvalue weighted by atomic mass is 32.1. The summed E-state index contributed by atoms with van der Waals surface area (Å²) in [4.78, 5) is 16.9. The van der Waals surface area contributed by atoms with Gasteiger partial charge in [-0.15, -0.1) is 11.3 Å². The second kappa shape index (κ2) is 6.42. The molecule has 2 aliphatic rings. The van der Waals surface area contributed by atoms with Crippen molar-refractivity contribution < 1.29 is 14.3 Å². The molecule has 1 amide bonds. The average Bonchev–Trinajstić information content (AvgIpc) is 3.16. The molecule has 3 atom stereocenters. The van der Waals surface area contributed by atoms with E-state index in [-0.39, 0.29) is 11.9 Å². The molecule has 0 saturated carbocycles. The van der Waals surface area contributed by atoms with E-state index in [4.69, 9.17) is 0 Å². The molecule has 25 heavy (non-hydrogen) atoms. The summed E-state index contributed by atoms with van der Waals surface area (Å²) in [6.45, 7) is 0. The summed E-state index contributed by atoms with van der Waals surface area (Å²) in [6.07, 6.45) is 2.97. The smallest absolute Gasteiger partial charge is 0.412 e. The Morgan fingerprint density at radius 1 is 1.28 bits per heavy atom. The summed E-state index contributed by atoms with van der Waals surface area (Å²) < 4.78 is 13.9. The number of halogens is 1. The summed E-state index contributed by atoms with van der Waals surface area (Å²) >= 11 is 1.49. The van der Waals surface area contributed by atoms with E-state index in [1.165, 1.54) is 28.4 Å². The maximum atomic E-state index is 13.9. The van der Waals surface area contributed by atoms with Gasteiger partial charge in [-0.2, -0.15) is 0 Å². The van der Waals surface area contributed by atoms with Gasteiger partial charge in [0.1, 0.15) is 5.82 Å². The van der Waals surface area contributed by atoms with Gasteiger partial charge < -0.3 is 10.0 Å². The largest absolute Gasteiger partial charge is 0.465 e. The highest BCUT2D eigenvalue weighted by Crippen LogP contribution is 2.41. The lowest BCUT2D eigenvalue weighted by Gasteiger charge is -2.41. The quantitative estimate of drug-likeness (QED) is 0.865. The first-order chi connectivity index (χ1) is 12.0. The van der Waals surface area contributed by atoms with Crippen LogP contribution in [0.5, 0.6) is 0 Å². The van der Waals surface area contributed by atoms with Crippen LogP contribution < -0.4 is 4.90 Å². The van der Waals surface area contributed by atoms with Crippen molar-refractivity contribution in [3.05, 3.63) is 41.5 Å². The third-order valence-corrected chi connectivity index (χ3v) is 6.55. The number of piperidine rings is 1. The zero-order valence-electron chi connectivity index (χ0n) is 14.1. The van der Waals surface area contributed by atoms with Crippen LogP contribution in [0.3, 0.4) is 0 Å². The number of anilines is 1. The summed E-state index contributed by atoms with van der Waals surface area (Å²) in [5, 5.41) is 11.9. The maximum absolute atomic E-state index is 13.9. The Morgan fingerprint density at radius 3 is 2.60 bits per heavy atom. The number of amides is 1. The zero-order chi connectivity index (χ0) is 17.6. The monoisotopic (exact) mass is 360 g/mol. The van der Waals surface area contributed by atoms with Gasteiger partial charge in [-0.1, -0.05) is 6.07 Å². The molecular formula is C19H21FN2O2S. The van der Waals surface area contributed by atoms with E-state index >= 15 is 0 Å². The van der Waals surface area contributed by atoms with Crippen LogP contribution in [0.2, 0.25) is 0 Å². The van der Waals surface area contributed by atoms with Gasteiger partial charge in [0.05, 0.1) is 5.69 Å². The van der Waals surface area contributed by atoms with Crippen molar-refractivity contribution in [2.24, 2.45) is 0 Å². The summed E-state index contributed by atoms with van der Waals surface area (Å²) in [5.74, 6) is -0.346. The average molecular weight is 360 g/mol. The molecule has 2 fully saturated rings. The Hall–Kier alpha value is -1.92. The van der Waals surface area contributed by atoms with E-state index in [1.807, 2.05) is 17.5 Å². The molecule has 0 aliphatic carbocycles. The van der Waals surface area contributed by atoms with Crippen molar-refractivity contribution in [1.29, 1.82) is 0 Å². The van der Waals surface area contributed by atoms with Crippen LogP contribution in [0.25, 0.3) is 10.4 Å². The van der Waals surface area contributed by atoms with E-state index in [0.717, 1.165) is 30.6 Å². The normalized spacial score (nSPS) is 25.9. The molecule has 0 spiro atoms. The number of rotatable bonds is 3. The lowest BCUT2D eigenvalue weighted by atomic mass is 9.95. The number of carbonyl (C=O) groups is 1. The zero-order valence-corrected chi connectivity index (χ0v) is 14.9. The number of hydrogen-bond acceptors (Lipinski definition) is 3. The molecule has 1 aromatic carbocycles. The Bertz CT molecular complexity index is 766. The molecule has 2 aliphatic heterocycles. The summed E-state index contributed by atoms with van der Waals surface area (Å²) in [7, 11) is 2.14. The Labute approximate surface area is 150 Å². The van der Waals surface area contributed by atoms with E-state index < -0.39 is 6.09 Å². The van der Waals surface area contributed by atoms with Crippen LogP contribution in [0.1, 0.15) is 25.7 Å². The third kappa shape index (κ3) is 2.93. The molecule has 1 aromatic heterocycles. The second-order valence-corrected chi connectivity index (χ2v) is 7.91. The Kier molecular flexibility index (Phi) is 4.25. The summed E-state index contributed by atoms with van der Waals surface area (Å²) in [6, 6.07) is 9.03. The molecule has 1 N–H and O–H groups in total. The first-order valence-corrected chi connectivity index (χ1v) is 9.50. The molecule has 2 bridgehead atoms. The molecule has 4 nitrogen and oxygen atoms in total. The molecule has 6 heteroatoms. The lowest BCUT2D eigenvalue weighted by Crippen LogP contribution is -2.50. The van der Waals surface area contributed by atoms with E-state index in [0.29, 0.717) is 23.3 Å². The van der Waals surface area contributed by atoms with Gasteiger partial charge in [0, 0.05) is 28.6 Å². The maximum Gasteiger partial charge on any atom is 0.412 e. The van der Waals surface area contributed by atoms with Crippen molar-refractivity contribution in [3.8, 4) is 10.4 Å². The number of thiophene rings is 1. The number of hydrogen-bond donors (Lipinski definition) is 1. The molecule has 3 heterocycles. The molecule has 132 valence electrons. The van der Waals surface area contributed by atoms with Crippen molar-refractivity contribution in [1.82, 2.24) is 4.90 Å². The van der Waals surface area contributed by atoms with Gasteiger partial charge in [0.2, 0.25) is 0 Å². The van der Waals surface area contributed by atoms with Crippen molar-refractivity contribution in [2.75, 3.05) is 11.9 Å². The Morgan fingerprint density at radius 2 is 2.00 bits per heavy atom. The third-order valence-electron chi connectivity index (χ3n) is 5.65. The van der Waals surface area contributed by atoms with Crippen LogP contribution in [-0.4, -0.2) is 41.3 Å². The van der Waals surface area contributed by atoms with E-state index in [9.17, 15) is 14.3 Å². The lowest BCUT2D eigenvalue weighted by molar-refractivity contribution is 0.151. The predicted octanol–water partition coefficient (Wildman–Crippen LogP) is 4.66. The van der Waals surface area contributed by atoms with Crippen molar-refractivity contribution in [2.45, 2.75) is 43.8 Å². The number of nitrogens with zero attached hydrogens (tertiary/aromatic N) is 2. The molecule has 2 saturated heterocycles. The fourth-order valence-electron chi connectivity index (χ4n) is 4.40. The number of carboxylic acid groups (broad SMARTS) is 1. The molecular weight excluding hydrogens is 339 g/mol. The van der Waals surface area contributed by atoms with Gasteiger partial charge in [-0.05, 0) is 62.4 Å². The highest BCUT2D eigenvalue weighted by molar-refractivity contribution is 7.13. The van der Waals surface area contributed by atoms with Gasteiger partial charge >= 0.3 is 6.09 Å². The van der Waals surface area contributed by atoms with Gasteiger partial charge in [0.25, 0.3) is 0 Å². The van der Waals surface area contributed by atoms with E-state index in [1.54, 1.807) is 6.07 Å². The fraction of sp³-hybridized carbons (Fsp3) is 0.421. The van der Waals surface area contributed by atoms with Gasteiger partial charge in [0.15, 0.2) is 0 Å². The molecule has 4 rings (SSSR count). The summed E-state index contributed by atoms with van der Waals surface area (Å²) in [5.41, 5.74) is 1.24. The first kappa shape index (κ1) is 16.5. The molecule has 0 unspecified atom stereocenters. The first-order valence-electron chi connectivity index (χ1n) is 8.62. The van der Waals surface area contributed by atoms with Crippen molar-refractivity contribution >= 4 is 23.1 Å².